The fourth-order valence-electron chi connectivity index (χ4n) is 2.10. The molecule has 0 spiro atoms. The third-order valence-electron chi connectivity index (χ3n) is 3.33. The van der Waals surface area contributed by atoms with Crippen molar-refractivity contribution in [1.29, 1.82) is 0 Å². The summed E-state index contributed by atoms with van der Waals surface area (Å²) < 4.78 is 5.61. The third-order valence-corrected chi connectivity index (χ3v) is 3.57. The van der Waals surface area contributed by atoms with Crippen LogP contribution in [-0.2, 0) is 0 Å². The molecule has 0 radical (unpaired) electrons. The van der Waals surface area contributed by atoms with Gasteiger partial charge < -0.3 is 14.6 Å². The normalized spacial score (nSPS) is 10.9. The second-order valence-electron chi connectivity index (χ2n) is 5.11. The molecule has 3 N–H and O–H groups in total. The molecule has 25 heavy (non-hydrogen) atoms. The summed E-state index contributed by atoms with van der Waals surface area (Å²) in [5, 5.41) is 23.0. The number of phenolic OH excluding ortho intramolecular Hbond substituents is 2. The number of nitrogens with one attached hydrogen (secondary N) is 1. The number of carbonyl (C=O) groups is 1. The zero-order chi connectivity index (χ0) is 17.8. The molecule has 2 aromatic carbocycles. The van der Waals surface area contributed by atoms with Crippen LogP contribution in [0.5, 0.6) is 11.5 Å². The molecule has 7 heteroatoms. The number of nitrogens with zero attached hydrogens (tertiary/aromatic N) is 1. The van der Waals surface area contributed by atoms with Gasteiger partial charge in [-0.3, -0.25) is 4.79 Å². The topological polar surface area (TPSA) is 95.1 Å². The molecule has 1 heterocycles. The molecule has 0 unspecified atom stereocenters. The largest absolute Gasteiger partial charge is 0.504 e. The van der Waals surface area contributed by atoms with E-state index in [1.54, 1.807) is 24.3 Å². The monoisotopic (exact) mass is 356 g/mol. The Morgan fingerprint density at radius 1 is 1.08 bits per heavy atom. The van der Waals surface area contributed by atoms with Crippen LogP contribution in [0.4, 0.5) is 0 Å². The molecule has 0 bridgehead atoms. The number of hydrogen-bond acceptors (Lipinski definition) is 5. The first-order chi connectivity index (χ1) is 12.0. The highest BCUT2D eigenvalue weighted by Crippen LogP contribution is 2.25. The smallest absolute Gasteiger partial charge is 0.271 e. The molecule has 0 aliphatic carbocycles. The number of amides is 1. The van der Waals surface area contributed by atoms with E-state index >= 15 is 0 Å². The summed E-state index contributed by atoms with van der Waals surface area (Å²) in [4.78, 5) is 11.9. The predicted molar refractivity (Wildman–Crippen MR) is 94.0 cm³/mol. The minimum atomic E-state index is -0.534. The highest BCUT2D eigenvalue weighted by molar-refractivity contribution is 6.30. The van der Waals surface area contributed by atoms with Gasteiger partial charge >= 0.3 is 0 Å². The number of benzene rings is 2. The van der Waals surface area contributed by atoms with Crippen molar-refractivity contribution in [3.8, 4) is 22.8 Å². The highest BCUT2D eigenvalue weighted by Gasteiger charge is 2.08. The Morgan fingerprint density at radius 3 is 2.68 bits per heavy atom. The number of aromatic hydroxyl groups is 2. The van der Waals surface area contributed by atoms with Gasteiger partial charge in [-0.25, -0.2) is 5.43 Å². The van der Waals surface area contributed by atoms with Gasteiger partial charge in [-0.05, 0) is 42.5 Å². The molecule has 1 aromatic heterocycles. The van der Waals surface area contributed by atoms with Crippen LogP contribution in [0.25, 0.3) is 11.3 Å². The van der Waals surface area contributed by atoms with Crippen LogP contribution in [0.1, 0.15) is 16.1 Å². The molecular weight excluding hydrogens is 344 g/mol. The second-order valence-corrected chi connectivity index (χ2v) is 5.55. The van der Waals surface area contributed by atoms with Crippen molar-refractivity contribution in [2.75, 3.05) is 0 Å². The van der Waals surface area contributed by atoms with Crippen LogP contribution in [0, 0.1) is 0 Å². The number of hydrogen-bond donors (Lipinski definition) is 3. The zero-order valence-corrected chi connectivity index (χ0v) is 13.6. The Kier molecular flexibility index (Phi) is 4.72. The SMILES string of the molecule is O=C(N/N=C/c1ccc(-c2cccc(Cl)c2)o1)c1ccc(O)c(O)c1. The van der Waals surface area contributed by atoms with Crippen LogP contribution in [0.3, 0.4) is 0 Å². The molecule has 0 saturated carbocycles. The molecule has 0 fully saturated rings. The lowest BCUT2D eigenvalue weighted by Gasteiger charge is -2.01. The Labute approximate surface area is 148 Å². The number of carbonyl (C=O) groups excluding carboxylic acids is 1. The average Bonchev–Trinajstić information content (AvgIpc) is 3.06. The first-order valence-electron chi connectivity index (χ1n) is 7.24. The van der Waals surface area contributed by atoms with Crippen LogP contribution in [0.2, 0.25) is 5.02 Å². The van der Waals surface area contributed by atoms with Crippen LogP contribution in [0.15, 0.2) is 64.1 Å². The van der Waals surface area contributed by atoms with Gasteiger partial charge in [-0.15, -0.1) is 0 Å². The summed E-state index contributed by atoms with van der Waals surface area (Å²) in [6.45, 7) is 0. The fraction of sp³-hybridized carbons (Fsp3) is 0. The summed E-state index contributed by atoms with van der Waals surface area (Å²) in [5.74, 6) is -0.145. The maximum absolute atomic E-state index is 11.9. The highest BCUT2D eigenvalue weighted by atomic mass is 35.5. The van der Waals surface area contributed by atoms with Gasteiger partial charge in [0.2, 0.25) is 0 Å². The summed E-state index contributed by atoms with van der Waals surface area (Å²) in [5.41, 5.74) is 3.30. The minimum absolute atomic E-state index is 0.159. The van der Waals surface area contributed by atoms with Crippen molar-refractivity contribution >= 4 is 23.7 Å². The second kappa shape index (κ2) is 7.11. The lowest BCUT2D eigenvalue weighted by atomic mass is 10.2. The van der Waals surface area contributed by atoms with E-state index in [2.05, 4.69) is 10.5 Å². The van der Waals surface area contributed by atoms with Crippen molar-refractivity contribution in [1.82, 2.24) is 5.43 Å². The van der Waals surface area contributed by atoms with Crippen molar-refractivity contribution in [3.63, 3.8) is 0 Å². The first-order valence-corrected chi connectivity index (χ1v) is 7.62. The van der Waals surface area contributed by atoms with Gasteiger partial charge in [-0.2, -0.15) is 5.10 Å². The number of halogens is 1. The van der Waals surface area contributed by atoms with Crippen molar-refractivity contribution in [2.45, 2.75) is 0 Å². The van der Waals surface area contributed by atoms with Gasteiger partial charge in [0.25, 0.3) is 5.91 Å². The number of phenols is 2. The molecule has 0 atom stereocenters. The van der Waals surface area contributed by atoms with E-state index in [1.165, 1.54) is 18.3 Å². The van der Waals surface area contributed by atoms with Gasteiger partial charge in [0.05, 0.1) is 6.21 Å². The molecule has 126 valence electrons. The van der Waals surface area contributed by atoms with E-state index in [9.17, 15) is 15.0 Å². The lowest BCUT2D eigenvalue weighted by Crippen LogP contribution is -2.17. The molecule has 0 aliphatic heterocycles. The Bertz CT molecular complexity index is 950. The molecule has 6 nitrogen and oxygen atoms in total. The van der Waals surface area contributed by atoms with Crippen molar-refractivity contribution in [3.05, 3.63) is 70.9 Å². The fourth-order valence-corrected chi connectivity index (χ4v) is 2.29. The summed E-state index contributed by atoms with van der Waals surface area (Å²) in [6.07, 6.45) is 1.35. The summed E-state index contributed by atoms with van der Waals surface area (Å²) >= 11 is 5.95. The molecule has 1 amide bonds. The third kappa shape index (κ3) is 3.99. The van der Waals surface area contributed by atoms with Crippen LogP contribution < -0.4 is 5.43 Å². The minimum Gasteiger partial charge on any atom is -0.504 e. The first kappa shape index (κ1) is 16.6. The summed E-state index contributed by atoms with van der Waals surface area (Å²) in [7, 11) is 0. The quantitative estimate of drug-likeness (QED) is 0.376. The standard InChI is InChI=1S/C18H13ClN2O4/c19-13-3-1-2-11(8-13)17-7-5-14(25-17)10-20-21-18(24)12-4-6-15(22)16(23)9-12/h1-10,22-23H,(H,21,24)/b20-10+. The van der Waals surface area contributed by atoms with Crippen molar-refractivity contribution < 1.29 is 19.4 Å². The van der Waals surface area contributed by atoms with E-state index in [-0.39, 0.29) is 17.1 Å². The number of furan rings is 1. The van der Waals surface area contributed by atoms with Crippen LogP contribution in [-0.4, -0.2) is 22.3 Å². The predicted octanol–water partition coefficient (Wildman–Crippen LogP) is 3.78. The maximum atomic E-state index is 11.9. The van der Waals surface area contributed by atoms with E-state index in [4.69, 9.17) is 16.0 Å². The molecule has 3 aromatic rings. The Balaban J connectivity index is 1.66. The van der Waals surface area contributed by atoms with E-state index in [0.717, 1.165) is 11.6 Å². The molecule has 0 aliphatic rings. The van der Waals surface area contributed by atoms with Gasteiger partial charge in [0.1, 0.15) is 11.5 Å². The lowest BCUT2D eigenvalue weighted by molar-refractivity contribution is 0.0954. The maximum Gasteiger partial charge on any atom is 0.271 e. The van der Waals surface area contributed by atoms with Gasteiger partial charge in [0.15, 0.2) is 11.5 Å². The van der Waals surface area contributed by atoms with E-state index in [0.29, 0.717) is 16.5 Å². The number of rotatable bonds is 4. The Morgan fingerprint density at radius 2 is 1.92 bits per heavy atom. The zero-order valence-electron chi connectivity index (χ0n) is 12.8. The van der Waals surface area contributed by atoms with Gasteiger partial charge in [-0.1, -0.05) is 23.7 Å². The van der Waals surface area contributed by atoms with E-state index < -0.39 is 5.91 Å². The molecular formula is C18H13ClN2O4. The molecule has 0 saturated heterocycles. The van der Waals surface area contributed by atoms with E-state index in [1.807, 2.05) is 12.1 Å². The number of hydrazone groups is 1. The molecule has 3 rings (SSSR count). The Hall–Kier alpha value is -3.25. The van der Waals surface area contributed by atoms with Gasteiger partial charge in [0, 0.05) is 16.1 Å². The van der Waals surface area contributed by atoms with Crippen LogP contribution >= 0.6 is 11.6 Å². The van der Waals surface area contributed by atoms with Crippen molar-refractivity contribution in [2.24, 2.45) is 5.10 Å². The average molecular weight is 357 g/mol. The summed E-state index contributed by atoms with van der Waals surface area (Å²) in [6, 6.07) is 14.4.